The molecule has 2 N–H and O–H groups in total. The predicted molar refractivity (Wildman–Crippen MR) is 70.3 cm³/mol. The molecular weight excluding hydrogens is 242 g/mol. The molecule has 1 fully saturated rings. The van der Waals surface area contributed by atoms with Crippen LogP contribution in [0.1, 0.15) is 50.5 Å². The number of nitrogens with zero attached hydrogens (tertiary/aromatic N) is 4. The minimum absolute atomic E-state index is 0.391. The van der Waals surface area contributed by atoms with Crippen molar-refractivity contribution in [1.29, 1.82) is 0 Å². The van der Waals surface area contributed by atoms with Crippen LogP contribution >= 0.6 is 0 Å². The number of aryl methyl sites for hydroxylation is 1. The minimum Gasteiger partial charge on any atom is -0.332 e. The van der Waals surface area contributed by atoms with Crippen LogP contribution < -0.4 is 5.73 Å². The Balaban J connectivity index is 1.92. The molecule has 1 aliphatic carbocycles. The molecule has 0 bridgehead atoms. The van der Waals surface area contributed by atoms with Crippen molar-refractivity contribution in [3.8, 4) is 11.6 Å². The summed E-state index contributed by atoms with van der Waals surface area (Å²) in [4.78, 5) is 4.41. The zero-order chi connectivity index (χ0) is 13.6. The second kappa shape index (κ2) is 4.16. The van der Waals surface area contributed by atoms with Crippen molar-refractivity contribution >= 4 is 0 Å². The summed E-state index contributed by atoms with van der Waals surface area (Å²) >= 11 is 0. The molecule has 6 heteroatoms. The fourth-order valence-electron chi connectivity index (χ4n) is 2.44. The predicted octanol–water partition coefficient (Wildman–Crippen LogP) is 1.93. The van der Waals surface area contributed by atoms with E-state index in [1.165, 1.54) is 0 Å². The van der Waals surface area contributed by atoms with Gasteiger partial charge in [0.25, 0.3) is 5.89 Å². The van der Waals surface area contributed by atoms with E-state index in [1.54, 1.807) is 0 Å². The van der Waals surface area contributed by atoms with Gasteiger partial charge >= 0.3 is 0 Å². The molecule has 0 unspecified atom stereocenters. The highest BCUT2D eigenvalue weighted by atomic mass is 16.5. The highest BCUT2D eigenvalue weighted by Gasteiger charge is 2.39. The Morgan fingerprint density at radius 3 is 2.68 bits per heavy atom. The van der Waals surface area contributed by atoms with E-state index < -0.39 is 5.54 Å². The van der Waals surface area contributed by atoms with E-state index >= 15 is 0 Å². The van der Waals surface area contributed by atoms with Gasteiger partial charge in [-0.05, 0) is 31.2 Å². The molecule has 0 atom stereocenters. The lowest BCUT2D eigenvalue weighted by Gasteiger charge is -2.34. The third-order valence-electron chi connectivity index (χ3n) is 3.84. The highest BCUT2D eigenvalue weighted by molar-refractivity contribution is 5.47. The first kappa shape index (κ1) is 12.3. The van der Waals surface area contributed by atoms with Crippen molar-refractivity contribution in [3.63, 3.8) is 0 Å². The van der Waals surface area contributed by atoms with E-state index in [4.69, 9.17) is 10.3 Å². The van der Waals surface area contributed by atoms with Crippen molar-refractivity contribution in [2.75, 3.05) is 0 Å². The Morgan fingerprint density at radius 1 is 1.42 bits per heavy atom. The molecule has 1 saturated carbocycles. The smallest absolute Gasteiger partial charge is 0.278 e. The van der Waals surface area contributed by atoms with Crippen LogP contribution in [0.3, 0.4) is 0 Å². The molecule has 2 heterocycles. The number of nitrogens with two attached hydrogens (primary N) is 1. The molecule has 0 spiro atoms. The Bertz CT molecular complexity index is 594. The first-order valence-corrected chi connectivity index (χ1v) is 6.67. The normalized spacial score (nSPS) is 17.7. The standard InChI is InChI=1S/C13H19N5O/c1-8(2)10-7-9(16-18(10)3)11-15-12(17-19-11)13(14)5-4-6-13/h7-8H,4-6,14H2,1-3H3. The van der Waals surface area contributed by atoms with Crippen molar-refractivity contribution in [2.45, 2.75) is 44.6 Å². The van der Waals surface area contributed by atoms with Crippen LogP contribution in [0, 0.1) is 0 Å². The lowest BCUT2D eigenvalue weighted by molar-refractivity contribution is 0.229. The molecule has 2 aromatic rings. The maximum atomic E-state index is 6.19. The Morgan fingerprint density at radius 2 is 2.16 bits per heavy atom. The molecule has 2 aromatic heterocycles. The summed E-state index contributed by atoms with van der Waals surface area (Å²) in [5.74, 6) is 1.46. The summed E-state index contributed by atoms with van der Waals surface area (Å²) in [5.41, 5.74) is 7.65. The Kier molecular flexibility index (Phi) is 2.70. The summed E-state index contributed by atoms with van der Waals surface area (Å²) in [6.07, 6.45) is 2.97. The lowest BCUT2D eigenvalue weighted by atomic mass is 9.77. The molecule has 0 aromatic carbocycles. The quantitative estimate of drug-likeness (QED) is 0.912. The molecular formula is C13H19N5O. The molecule has 1 aliphatic rings. The third-order valence-corrected chi connectivity index (χ3v) is 3.84. The van der Waals surface area contributed by atoms with Gasteiger partial charge in [0, 0.05) is 12.7 Å². The van der Waals surface area contributed by atoms with Gasteiger partial charge < -0.3 is 10.3 Å². The molecule has 0 amide bonds. The summed E-state index contributed by atoms with van der Waals surface area (Å²) in [5, 5.41) is 8.43. The first-order chi connectivity index (χ1) is 8.99. The fourth-order valence-corrected chi connectivity index (χ4v) is 2.44. The average molecular weight is 261 g/mol. The zero-order valence-electron chi connectivity index (χ0n) is 11.6. The van der Waals surface area contributed by atoms with Gasteiger partial charge in [0.1, 0.15) is 0 Å². The van der Waals surface area contributed by atoms with Crippen LogP contribution in [0.2, 0.25) is 0 Å². The largest absolute Gasteiger partial charge is 0.332 e. The van der Waals surface area contributed by atoms with Crippen molar-refractivity contribution < 1.29 is 4.52 Å². The number of hydrogen-bond acceptors (Lipinski definition) is 5. The topological polar surface area (TPSA) is 82.8 Å². The van der Waals surface area contributed by atoms with Gasteiger partial charge in [-0.15, -0.1) is 0 Å². The van der Waals surface area contributed by atoms with Gasteiger partial charge in [-0.2, -0.15) is 10.1 Å². The van der Waals surface area contributed by atoms with E-state index in [0.29, 0.717) is 23.3 Å². The van der Waals surface area contributed by atoms with Gasteiger partial charge in [0.2, 0.25) is 0 Å². The SMILES string of the molecule is CC(C)c1cc(-c2nc(C3(N)CCC3)no2)nn1C. The fraction of sp³-hybridized carbons (Fsp3) is 0.615. The van der Waals surface area contributed by atoms with E-state index in [2.05, 4.69) is 29.1 Å². The van der Waals surface area contributed by atoms with E-state index in [9.17, 15) is 0 Å². The van der Waals surface area contributed by atoms with Crippen molar-refractivity contribution in [3.05, 3.63) is 17.6 Å². The van der Waals surface area contributed by atoms with Crippen LogP contribution in [0.5, 0.6) is 0 Å². The summed E-state index contributed by atoms with van der Waals surface area (Å²) < 4.78 is 7.16. The van der Waals surface area contributed by atoms with Gasteiger partial charge in [0.05, 0.1) is 5.54 Å². The molecule has 0 radical (unpaired) electrons. The zero-order valence-corrected chi connectivity index (χ0v) is 11.6. The summed E-state index contributed by atoms with van der Waals surface area (Å²) in [6, 6.07) is 1.99. The summed E-state index contributed by atoms with van der Waals surface area (Å²) in [6.45, 7) is 4.26. The monoisotopic (exact) mass is 261 g/mol. The van der Waals surface area contributed by atoms with Crippen LogP contribution in [0.15, 0.2) is 10.6 Å². The van der Waals surface area contributed by atoms with Crippen molar-refractivity contribution in [2.24, 2.45) is 12.8 Å². The third kappa shape index (κ3) is 1.96. The second-order valence-electron chi connectivity index (χ2n) is 5.67. The van der Waals surface area contributed by atoms with Crippen LogP contribution in [-0.4, -0.2) is 19.9 Å². The van der Waals surface area contributed by atoms with E-state index in [-0.39, 0.29) is 0 Å². The maximum absolute atomic E-state index is 6.19. The number of rotatable bonds is 3. The Hall–Kier alpha value is -1.69. The Labute approximate surface area is 112 Å². The first-order valence-electron chi connectivity index (χ1n) is 6.67. The summed E-state index contributed by atoms with van der Waals surface area (Å²) in [7, 11) is 1.92. The molecule has 6 nitrogen and oxygen atoms in total. The molecule has 3 rings (SSSR count). The van der Waals surface area contributed by atoms with Crippen LogP contribution in [0.4, 0.5) is 0 Å². The van der Waals surface area contributed by atoms with Gasteiger partial charge in [-0.25, -0.2) is 0 Å². The number of hydrogen-bond donors (Lipinski definition) is 1. The lowest BCUT2D eigenvalue weighted by Crippen LogP contribution is -2.44. The number of aromatic nitrogens is 4. The molecule has 0 aliphatic heterocycles. The van der Waals surface area contributed by atoms with Crippen LogP contribution in [0.25, 0.3) is 11.6 Å². The highest BCUT2D eigenvalue weighted by Crippen LogP contribution is 2.37. The molecule has 19 heavy (non-hydrogen) atoms. The van der Waals surface area contributed by atoms with Crippen molar-refractivity contribution in [1.82, 2.24) is 19.9 Å². The van der Waals surface area contributed by atoms with Crippen LogP contribution in [-0.2, 0) is 12.6 Å². The van der Waals surface area contributed by atoms with Gasteiger partial charge in [-0.3, -0.25) is 4.68 Å². The minimum atomic E-state index is -0.391. The average Bonchev–Trinajstić information content (AvgIpc) is 2.91. The van der Waals surface area contributed by atoms with E-state index in [0.717, 1.165) is 25.0 Å². The van der Waals surface area contributed by atoms with Gasteiger partial charge in [-0.1, -0.05) is 19.0 Å². The van der Waals surface area contributed by atoms with Gasteiger partial charge in [0.15, 0.2) is 11.5 Å². The molecule has 102 valence electrons. The van der Waals surface area contributed by atoms with E-state index in [1.807, 2.05) is 17.8 Å². The second-order valence-corrected chi connectivity index (χ2v) is 5.67. The molecule has 0 saturated heterocycles. The maximum Gasteiger partial charge on any atom is 0.278 e.